The Hall–Kier alpha value is -1.35. The summed E-state index contributed by atoms with van der Waals surface area (Å²) in [5, 5.41) is 10.4. The molecule has 0 aromatic rings. The van der Waals surface area contributed by atoms with Crippen LogP contribution in [-0.2, 0) is 9.59 Å². The second kappa shape index (κ2) is 5.66. The molecule has 0 bridgehead atoms. The molecular weight excluding hydrogens is 231 g/mol. The molecule has 0 unspecified atom stereocenters. The van der Waals surface area contributed by atoms with E-state index in [1.807, 2.05) is 5.32 Å². The lowest BCUT2D eigenvalue weighted by molar-refractivity contribution is -0.169. The first kappa shape index (κ1) is 14.6. The van der Waals surface area contributed by atoms with Crippen molar-refractivity contribution in [1.29, 1.82) is 0 Å². The van der Waals surface area contributed by atoms with E-state index in [1.54, 1.807) is 5.43 Å². The lowest BCUT2D eigenvalue weighted by Crippen LogP contribution is -2.54. The van der Waals surface area contributed by atoms with Crippen LogP contribution >= 0.6 is 0 Å². The number of nitrogens with one attached hydrogen (secondary N) is 3. The summed E-state index contributed by atoms with van der Waals surface area (Å²) in [6, 6.07) is -2.38. The summed E-state index contributed by atoms with van der Waals surface area (Å²) in [6.45, 7) is 2.35. The second-order valence-corrected chi connectivity index (χ2v) is 3.06. The quantitative estimate of drug-likeness (QED) is 0.389. The minimum atomic E-state index is -4.66. The second-order valence-electron chi connectivity index (χ2n) is 3.06. The minimum Gasteiger partial charge on any atom is -0.480 e. The topological polar surface area (TPSA) is 90.5 Å². The number of carbonyl (C=O) groups excluding carboxylic acids is 1. The fourth-order valence-corrected chi connectivity index (χ4v) is 0.656. The highest BCUT2D eigenvalue weighted by Gasteiger charge is 2.28. The lowest BCUT2D eigenvalue weighted by atomic mass is 10.3. The van der Waals surface area contributed by atoms with Crippen molar-refractivity contribution in [2.24, 2.45) is 0 Å². The van der Waals surface area contributed by atoms with E-state index in [9.17, 15) is 22.8 Å². The van der Waals surface area contributed by atoms with Crippen molar-refractivity contribution in [2.75, 3.05) is 0 Å². The Balaban J connectivity index is 4.05. The van der Waals surface area contributed by atoms with E-state index < -0.39 is 30.3 Å². The highest BCUT2D eigenvalue weighted by atomic mass is 19.4. The third-order valence-electron chi connectivity index (χ3n) is 1.55. The van der Waals surface area contributed by atoms with Crippen molar-refractivity contribution in [3.8, 4) is 0 Å². The first-order valence-electron chi connectivity index (χ1n) is 4.26. The third kappa shape index (κ3) is 6.19. The van der Waals surface area contributed by atoms with E-state index in [2.05, 4.69) is 0 Å². The van der Waals surface area contributed by atoms with E-state index in [4.69, 9.17) is 5.11 Å². The Kier molecular flexibility index (Phi) is 5.18. The molecule has 0 aromatic heterocycles. The van der Waals surface area contributed by atoms with E-state index >= 15 is 0 Å². The number of carboxylic acids is 1. The molecular formula is C7H12F3N3O3. The standard InChI is InChI=1S/C7H12F3N3O3/c1-3(12-13-7(8,9)10)5(14)11-4(2)6(15)16/h3-4,12-13H,1-2H3,(H,11,14)(H,15,16)/t3-,4-/m0/s1. The van der Waals surface area contributed by atoms with Gasteiger partial charge in [0, 0.05) is 0 Å². The van der Waals surface area contributed by atoms with Gasteiger partial charge in [0.1, 0.15) is 6.04 Å². The summed E-state index contributed by atoms with van der Waals surface area (Å²) >= 11 is 0. The zero-order chi connectivity index (χ0) is 12.9. The van der Waals surface area contributed by atoms with Gasteiger partial charge in [0.05, 0.1) is 6.04 Å². The molecule has 4 N–H and O–H groups in total. The van der Waals surface area contributed by atoms with Crippen molar-refractivity contribution in [2.45, 2.75) is 32.2 Å². The molecule has 1 amide bonds. The van der Waals surface area contributed by atoms with Crippen LogP contribution in [0.5, 0.6) is 0 Å². The molecule has 0 aliphatic carbocycles. The Morgan fingerprint density at radius 2 is 1.69 bits per heavy atom. The van der Waals surface area contributed by atoms with Gasteiger partial charge in [-0.1, -0.05) is 0 Å². The van der Waals surface area contributed by atoms with E-state index in [-0.39, 0.29) is 0 Å². The monoisotopic (exact) mass is 243 g/mol. The maximum Gasteiger partial charge on any atom is 0.470 e. The van der Waals surface area contributed by atoms with E-state index in [0.29, 0.717) is 0 Å². The van der Waals surface area contributed by atoms with Gasteiger partial charge in [0.2, 0.25) is 5.91 Å². The summed E-state index contributed by atoms with van der Waals surface area (Å²) in [6.07, 6.45) is -4.66. The van der Waals surface area contributed by atoms with Crippen LogP contribution < -0.4 is 16.2 Å². The van der Waals surface area contributed by atoms with Crippen LogP contribution in [0.1, 0.15) is 13.8 Å². The molecule has 0 saturated carbocycles. The van der Waals surface area contributed by atoms with Gasteiger partial charge < -0.3 is 10.4 Å². The third-order valence-corrected chi connectivity index (χ3v) is 1.55. The predicted octanol–water partition coefficient (Wildman–Crippen LogP) is -0.422. The molecule has 0 rings (SSSR count). The Bertz CT molecular complexity index is 269. The van der Waals surface area contributed by atoms with Crippen LogP contribution in [0.4, 0.5) is 13.2 Å². The molecule has 0 saturated heterocycles. The highest BCUT2D eigenvalue weighted by Crippen LogP contribution is 2.07. The predicted molar refractivity (Wildman–Crippen MR) is 47.0 cm³/mol. The molecule has 16 heavy (non-hydrogen) atoms. The number of hydrazine groups is 1. The summed E-state index contributed by atoms with van der Waals surface area (Å²) in [7, 11) is 0. The van der Waals surface area contributed by atoms with Gasteiger partial charge in [-0.2, -0.15) is 18.6 Å². The van der Waals surface area contributed by atoms with E-state index in [0.717, 1.165) is 12.3 Å². The van der Waals surface area contributed by atoms with Crippen molar-refractivity contribution >= 4 is 11.9 Å². The number of rotatable bonds is 5. The van der Waals surface area contributed by atoms with Crippen LogP contribution in [0.2, 0.25) is 0 Å². The summed E-state index contributed by atoms with van der Waals surface area (Å²) in [5.74, 6) is -2.13. The zero-order valence-electron chi connectivity index (χ0n) is 8.55. The minimum absolute atomic E-state index is 0.855. The van der Waals surface area contributed by atoms with Crippen molar-refractivity contribution in [1.82, 2.24) is 16.2 Å². The number of alkyl halides is 3. The lowest BCUT2D eigenvalue weighted by Gasteiger charge is -2.17. The number of carboxylic acid groups (broad SMARTS) is 1. The molecule has 0 radical (unpaired) electrons. The molecule has 0 aliphatic rings. The largest absolute Gasteiger partial charge is 0.480 e. The van der Waals surface area contributed by atoms with Gasteiger partial charge in [-0.15, -0.1) is 0 Å². The molecule has 0 heterocycles. The van der Waals surface area contributed by atoms with Gasteiger partial charge >= 0.3 is 12.3 Å². The first-order valence-corrected chi connectivity index (χ1v) is 4.26. The van der Waals surface area contributed by atoms with Crippen LogP contribution in [-0.4, -0.2) is 35.4 Å². The summed E-state index contributed by atoms with van der Waals surface area (Å²) in [5.41, 5.74) is 2.63. The van der Waals surface area contributed by atoms with Gasteiger partial charge in [0.25, 0.3) is 0 Å². The Morgan fingerprint density at radius 3 is 2.06 bits per heavy atom. The number of amides is 1. The molecule has 94 valence electrons. The van der Waals surface area contributed by atoms with Crippen LogP contribution in [0.15, 0.2) is 0 Å². The highest BCUT2D eigenvalue weighted by molar-refractivity contribution is 5.86. The van der Waals surface area contributed by atoms with Crippen LogP contribution in [0.25, 0.3) is 0 Å². The molecule has 9 heteroatoms. The molecule has 2 atom stereocenters. The average Bonchev–Trinajstić information content (AvgIpc) is 2.12. The van der Waals surface area contributed by atoms with Gasteiger partial charge in [-0.05, 0) is 13.8 Å². The van der Waals surface area contributed by atoms with Gasteiger partial charge in [-0.25, -0.2) is 5.43 Å². The number of halogens is 3. The Labute approximate surface area is 89.2 Å². The SMILES string of the molecule is C[C@H](NC(=O)[C@H](C)NNC(F)(F)F)C(=O)O. The van der Waals surface area contributed by atoms with Crippen molar-refractivity contribution < 1.29 is 27.9 Å². The molecule has 0 aromatic carbocycles. The van der Waals surface area contributed by atoms with Crippen molar-refractivity contribution in [3.63, 3.8) is 0 Å². The van der Waals surface area contributed by atoms with Crippen LogP contribution in [0, 0.1) is 0 Å². The fourth-order valence-electron chi connectivity index (χ4n) is 0.656. The van der Waals surface area contributed by atoms with Crippen LogP contribution in [0.3, 0.4) is 0 Å². The average molecular weight is 243 g/mol. The maximum atomic E-state index is 11.7. The molecule has 0 aliphatic heterocycles. The van der Waals surface area contributed by atoms with Gasteiger partial charge in [-0.3, -0.25) is 9.59 Å². The molecule has 0 fully saturated rings. The molecule has 6 nitrogen and oxygen atoms in total. The fraction of sp³-hybridized carbons (Fsp3) is 0.714. The Morgan fingerprint density at radius 1 is 1.19 bits per heavy atom. The summed E-state index contributed by atoms with van der Waals surface area (Å²) < 4.78 is 35.0. The number of aliphatic carboxylic acids is 1. The summed E-state index contributed by atoms with van der Waals surface area (Å²) in [4.78, 5) is 21.5. The number of hydrogen-bond donors (Lipinski definition) is 4. The van der Waals surface area contributed by atoms with Crippen molar-refractivity contribution in [3.05, 3.63) is 0 Å². The maximum absolute atomic E-state index is 11.7. The first-order chi connectivity index (χ1) is 7.13. The number of carbonyl (C=O) groups is 2. The number of hydrogen-bond acceptors (Lipinski definition) is 4. The smallest absolute Gasteiger partial charge is 0.470 e. The normalized spacial score (nSPS) is 15.3. The molecule has 0 spiro atoms. The zero-order valence-corrected chi connectivity index (χ0v) is 8.55. The van der Waals surface area contributed by atoms with E-state index in [1.165, 1.54) is 6.92 Å². The van der Waals surface area contributed by atoms with Gasteiger partial charge in [0.15, 0.2) is 0 Å².